The van der Waals surface area contributed by atoms with Gasteiger partial charge >= 0.3 is 5.69 Å². The van der Waals surface area contributed by atoms with Crippen molar-refractivity contribution in [2.24, 2.45) is 0 Å². The summed E-state index contributed by atoms with van der Waals surface area (Å²) in [5.41, 5.74) is 0.685. The fourth-order valence-corrected chi connectivity index (χ4v) is 3.34. The number of hydrogen-bond acceptors (Lipinski definition) is 5. The molecule has 1 aromatic heterocycles. The molecule has 23 heavy (non-hydrogen) atoms. The molecule has 0 spiro atoms. The Labute approximate surface area is 140 Å². The fraction of sp³-hybridized carbons (Fsp3) is 0.667. The number of hydrogen-bond donors (Lipinski definition) is 1. The maximum atomic E-state index is 12.3. The number of carbonyl (C=O) groups is 1. The van der Waals surface area contributed by atoms with E-state index in [1.807, 2.05) is 13.8 Å². The summed E-state index contributed by atoms with van der Waals surface area (Å²) in [7, 11) is 0. The molecule has 1 aliphatic heterocycles. The van der Waals surface area contributed by atoms with Crippen molar-refractivity contribution in [3.8, 4) is 0 Å². The second kappa shape index (κ2) is 8.35. The van der Waals surface area contributed by atoms with Gasteiger partial charge < -0.3 is 9.64 Å². The number of rotatable bonds is 8. The molecule has 1 saturated heterocycles. The molecule has 1 N–H and O–H groups in total. The summed E-state index contributed by atoms with van der Waals surface area (Å²) < 4.78 is 7.12. The molecule has 1 unspecified atom stereocenters. The molecule has 0 bridgehead atoms. The minimum atomic E-state index is -0.260. The highest BCUT2D eigenvalue weighted by atomic mass is 32.2. The van der Waals surface area contributed by atoms with Crippen LogP contribution in [0.1, 0.15) is 26.7 Å². The molecule has 128 valence electrons. The van der Waals surface area contributed by atoms with Gasteiger partial charge in [-0.05, 0) is 26.7 Å². The maximum Gasteiger partial charge on any atom is 0.344 e. The van der Waals surface area contributed by atoms with Gasteiger partial charge in [-0.1, -0.05) is 23.9 Å². The van der Waals surface area contributed by atoms with E-state index in [1.165, 1.54) is 11.8 Å². The van der Waals surface area contributed by atoms with Gasteiger partial charge in [0.2, 0.25) is 5.91 Å². The SMILES string of the molecule is C=C(C)CN(CC)C(=O)CSc1n[nH]c(=O)n1CC1CCCO1. The second-order valence-electron chi connectivity index (χ2n) is 5.71. The number of likely N-dealkylation sites (N-methyl/N-ethyl adjacent to an activating group) is 1. The van der Waals surface area contributed by atoms with E-state index in [1.54, 1.807) is 9.47 Å². The molecule has 1 atom stereocenters. The number of nitrogens with zero attached hydrogens (tertiary/aromatic N) is 3. The molecule has 8 heteroatoms. The summed E-state index contributed by atoms with van der Waals surface area (Å²) in [5, 5.41) is 7.01. The summed E-state index contributed by atoms with van der Waals surface area (Å²) >= 11 is 1.27. The summed E-state index contributed by atoms with van der Waals surface area (Å²) in [6.07, 6.45) is 2.02. The summed E-state index contributed by atoms with van der Waals surface area (Å²) in [4.78, 5) is 25.9. The third-order valence-corrected chi connectivity index (χ3v) is 4.61. The molecule has 1 amide bonds. The van der Waals surface area contributed by atoms with Crippen LogP contribution in [0.15, 0.2) is 22.1 Å². The lowest BCUT2D eigenvalue weighted by Crippen LogP contribution is -2.33. The lowest BCUT2D eigenvalue weighted by Gasteiger charge is -2.20. The van der Waals surface area contributed by atoms with Crippen molar-refractivity contribution in [1.82, 2.24) is 19.7 Å². The minimum absolute atomic E-state index is 0.0135. The Balaban J connectivity index is 1.96. The average molecular weight is 340 g/mol. The standard InChI is InChI=1S/C15H24N4O3S/c1-4-18(8-11(2)3)13(20)10-23-15-17-16-14(21)19(15)9-12-6-5-7-22-12/h12H,2,4-10H2,1,3H3,(H,16,21). The number of aromatic nitrogens is 3. The van der Waals surface area contributed by atoms with Gasteiger partial charge in [0.25, 0.3) is 0 Å². The van der Waals surface area contributed by atoms with E-state index in [9.17, 15) is 9.59 Å². The maximum absolute atomic E-state index is 12.3. The highest BCUT2D eigenvalue weighted by molar-refractivity contribution is 7.99. The number of carbonyl (C=O) groups excluding carboxylic acids is 1. The zero-order valence-electron chi connectivity index (χ0n) is 13.7. The van der Waals surface area contributed by atoms with Crippen LogP contribution < -0.4 is 5.69 Å². The van der Waals surface area contributed by atoms with Gasteiger partial charge in [0.1, 0.15) is 0 Å². The van der Waals surface area contributed by atoms with Crippen LogP contribution in [0.25, 0.3) is 0 Å². The summed E-state index contributed by atoms with van der Waals surface area (Å²) in [6.45, 7) is 10.1. The zero-order chi connectivity index (χ0) is 16.8. The first kappa shape index (κ1) is 17.8. The first-order valence-electron chi connectivity index (χ1n) is 7.83. The molecular weight excluding hydrogens is 316 g/mol. The third kappa shape index (κ3) is 4.97. The second-order valence-corrected chi connectivity index (χ2v) is 6.65. The van der Waals surface area contributed by atoms with Crippen LogP contribution in [-0.4, -0.2) is 57.1 Å². The van der Waals surface area contributed by atoms with Crippen molar-refractivity contribution in [1.29, 1.82) is 0 Å². The fourth-order valence-electron chi connectivity index (χ4n) is 2.49. The summed E-state index contributed by atoms with van der Waals surface area (Å²) in [5.74, 6) is 0.260. The van der Waals surface area contributed by atoms with E-state index in [2.05, 4.69) is 16.8 Å². The number of ether oxygens (including phenoxy) is 1. The quantitative estimate of drug-likeness (QED) is 0.569. The van der Waals surface area contributed by atoms with Gasteiger partial charge in [0.05, 0.1) is 18.4 Å². The Bertz CT molecular complexity index is 604. The zero-order valence-corrected chi connectivity index (χ0v) is 14.5. The number of nitrogens with one attached hydrogen (secondary N) is 1. The van der Waals surface area contributed by atoms with Gasteiger partial charge in [-0.3, -0.25) is 9.36 Å². The van der Waals surface area contributed by atoms with E-state index in [-0.39, 0.29) is 23.5 Å². The van der Waals surface area contributed by atoms with Crippen molar-refractivity contribution in [2.45, 2.75) is 44.5 Å². The molecule has 2 heterocycles. The molecule has 0 saturated carbocycles. The van der Waals surface area contributed by atoms with Crippen LogP contribution in [0.2, 0.25) is 0 Å². The van der Waals surface area contributed by atoms with Crippen LogP contribution in [-0.2, 0) is 16.1 Å². The van der Waals surface area contributed by atoms with Crippen molar-refractivity contribution >= 4 is 17.7 Å². The molecule has 1 fully saturated rings. The third-order valence-electron chi connectivity index (χ3n) is 3.65. The lowest BCUT2D eigenvalue weighted by atomic mass is 10.2. The van der Waals surface area contributed by atoms with E-state index < -0.39 is 0 Å². The van der Waals surface area contributed by atoms with Crippen LogP contribution in [0.4, 0.5) is 0 Å². The van der Waals surface area contributed by atoms with Crippen molar-refractivity contribution < 1.29 is 9.53 Å². The van der Waals surface area contributed by atoms with Crippen LogP contribution in [0.3, 0.4) is 0 Å². The van der Waals surface area contributed by atoms with E-state index in [4.69, 9.17) is 4.74 Å². The Morgan fingerprint density at radius 2 is 2.39 bits per heavy atom. The highest BCUT2D eigenvalue weighted by Crippen LogP contribution is 2.18. The lowest BCUT2D eigenvalue weighted by molar-refractivity contribution is -0.127. The van der Waals surface area contributed by atoms with Crippen LogP contribution in [0.5, 0.6) is 0 Å². The number of H-pyrrole nitrogens is 1. The topological polar surface area (TPSA) is 80.2 Å². The highest BCUT2D eigenvalue weighted by Gasteiger charge is 2.20. The molecular formula is C15H24N4O3S. The van der Waals surface area contributed by atoms with Crippen LogP contribution in [0, 0.1) is 0 Å². The Morgan fingerprint density at radius 3 is 3.00 bits per heavy atom. The number of thioether (sulfide) groups is 1. The van der Waals surface area contributed by atoms with Gasteiger partial charge in [-0.2, -0.15) is 0 Å². The normalized spacial score (nSPS) is 17.4. The number of amides is 1. The molecule has 0 aliphatic carbocycles. The van der Waals surface area contributed by atoms with Gasteiger partial charge in [0.15, 0.2) is 5.16 Å². The monoisotopic (exact) mass is 340 g/mol. The smallest absolute Gasteiger partial charge is 0.344 e. The molecule has 7 nitrogen and oxygen atoms in total. The van der Waals surface area contributed by atoms with E-state index >= 15 is 0 Å². The average Bonchev–Trinajstić information content (AvgIpc) is 3.14. The van der Waals surface area contributed by atoms with E-state index in [0.717, 1.165) is 25.0 Å². The van der Waals surface area contributed by atoms with Crippen molar-refractivity contribution in [2.75, 3.05) is 25.4 Å². The largest absolute Gasteiger partial charge is 0.376 e. The molecule has 1 aliphatic rings. The molecule has 0 aromatic carbocycles. The van der Waals surface area contributed by atoms with Crippen molar-refractivity contribution in [3.63, 3.8) is 0 Å². The first-order chi connectivity index (χ1) is 11.0. The Morgan fingerprint density at radius 1 is 1.61 bits per heavy atom. The minimum Gasteiger partial charge on any atom is -0.376 e. The summed E-state index contributed by atoms with van der Waals surface area (Å²) in [6, 6.07) is 0. The Hall–Kier alpha value is -1.54. The van der Waals surface area contributed by atoms with Gasteiger partial charge in [-0.15, -0.1) is 5.10 Å². The molecule has 1 aromatic rings. The predicted molar refractivity (Wildman–Crippen MR) is 89.6 cm³/mol. The predicted octanol–water partition coefficient (Wildman–Crippen LogP) is 1.27. The van der Waals surface area contributed by atoms with Crippen LogP contribution >= 0.6 is 11.8 Å². The van der Waals surface area contributed by atoms with Crippen molar-refractivity contribution in [3.05, 3.63) is 22.6 Å². The van der Waals surface area contributed by atoms with E-state index in [0.29, 0.717) is 24.8 Å². The Kier molecular flexibility index (Phi) is 6.47. The van der Waals surface area contributed by atoms with Gasteiger partial charge in [-0.25, -0.2) is 9.89 Å². The molecule has 2 rings (SSSR count). The first-order valence-corrected chi connectivity index (χ1v) is 8.81. The van der Waals surface area contributed by atoms with Gasteiger partial charge in [0, 0.05) is 19.7 Å². The number of aromatic amines is 1. The molecule has 0 radical (unpaired) electrons.